The van der Waals surface area contributed by atoms with Gasteiger partial charge in [0.15, 0.2) is 0 Å². The molecular formula is C11H18N2O3. The van der Waals surface area contributed by atoms with Crippen molar-refractivity contribution in [3.8, 4) is 0 Å². The van der Waals surface area contributed by atoms with E-state index in [4.69, 9.17) is 5.73 Å². The standard InChI is InChI=1S/C11H18N2O3/c1-3-9(11(12)16)13-6-8(4-7(2)14)5-10(13)15/h8-9H,3-6H2,1-2H3,(H2,12,16)/t8?,9-/m0/s1. The summed E-state index contributed by atoms with van der Waals surface area (Å²) in [5.41, 5.74) is 5.24. The highest BCUT2D eigenvalue weighted by Gasteiger charge is 2.36. The van der Waals surface area contributed by atoms with Crippen LogP contribution in [0.5, 0.6) is 0 Å². The van der Waals surface area contributed by atoms with Gasteiger partial charge in [-0.1, -0.05) is 6.92 Å². The van der Waals surface area contributed by atoms with Gasteiger partial charge in [0.1, 0.15) is 11.8 Å². The van der Waals surface area contributed by atoms with Crippen LogP contribution in [0.15, 0.2) is 0 Å². The number of carbonyl (C=O) groups is 3. The Morgan fingerprint density at radius 1 is 1.56 bits per heavy atom. The minimum absolute atomic E-state index is 0.0402. The number of hydrogen-bond donors (Lipinski definition) is 1. The number of Topliss-reactive ketones (excluding diaryl/α,β-unsaturated/α-hetero) is 1. The summed E-state index contributed by atoms with van der Waals surface area (Å²) >= 11 is 0. The topological polar surface area (TPSA) is 80.5 Å². The highest BCUT2D eigenvalue weighted by atomic mass is 16.2. The molecule has 1 aliphatic rings. The fraction of sp³-hybridized carbons (Fsp3) is 0.727. The number of ketones is 1. The molecule has 0 aliphatic carbocycles. The van der Waals surface area contributed by atoms with Crippen LogP contribution in [0.3, 0.4) is 0 Å². The lowest BCUT2D eigenvalue weighted by Gasteiger charge is -2.24. The van der Waals surface area contributed by atoms with Crippen LogP contribution in [0.25, 0.3) is 0 Å². The third kappa shape index (κ3) is 2.81. The summed E-state index contributed by atoms with van der Waals surface area (Å²) in [5.74, 6) is -0.429. The first-order valence-electron chi connectivity index (χ1n) is 5.53. The molecule has 1 rings (SSSR count). The normalized spacial score (nSPS) is 22.2. The zero-order chi connectivity index (χ0) is 12.3. The maximum Gasteiger partial charge on any atom is 0.240 e. The zero-order valence-electron chi connectivity index (χ0n) is 9.73. The van der Waals surface area contributed by atoms with Crippen LogP contribution in [0.4, 0.5) is 0 Å². The lowest BCUT2D eigenvalue weighted by molar-refractivity contribution is -0.136. The van der Waals surface area contributed by atoms with Gasteiger partial charge in [0.25, 0.3) is 0 Å². The molecule has 5 heteroatoms. The van der Waals surface area contributed by atoms with Crippen LogP contribution in [0.2, 0.25) is 0 Å². The molecule has 1 unspecified atom stereocenters. The van der Waals surface area contributed by atoms with Crippen molar-refractivity contribution in [1.29, 1.82) is 0 Å². The Hall–Kier alpha value is -1.39. The van der Waals surface area contributed by atoms with Crippen LogP contribution in [0, 0.1) is 5.92 Å². The minimum atomic E-state index is -0.524. The van der Waals surface area contributed by atoms with Gasteiger partial charge in [-0.3, -0.25) is 9.59 Å². The molecule has 0 spiro atoms. The van der Waals surface area contributed by atoms with Gasteiger partial charge in [0.05, 0.1) is 0 Å². The average molecular weight is 226 g/mol. The molecule has 1 aliphatic heterocycles. The van der Waals surface area contributed by atoms with E-state index in [0.29, 0.717) is 25.8 Å². The van der Waals surface area contributed by atoms with E-state index in [2.05, 4.69) is 0 Å². The molecule has 0 radical (unpaired) electrons. The molecule has 2 N–H and O–H groups in total. The van der Waals surface area contributed by atoms with Crippen molar-refractivity contribution in [3.63, 3.8) is 0 Å². The van der Waals surface area contributed by atoms with Gasteiger partial charge in [-0.15, -0.1) is 0 Å². The van der Waals surface area contributed by atoms with Crippen molar-refractivity contribution < 1.29 is 14.4 Å². The Kier molecular flexibility index (Phi) is 4.04. The van der Waals surface area contributed by atoms with E-state index >= 15 is 0 Å². The van der Waals surface area contributed by atoms with Crippen LogP contribution in [-0.2, 0) is 14.4 Å². The van der Waals surface area contributed by atoms with Crippen molar-refractivity contribution >= 4 is 17.6 Å². The van der Waals surface area contributed by atoms with Crippen LogP contribution >= 0.6 is 0 Å². The fourth-order valence-corrected chi connectivity index (χ4v) is 2.23. The second kappa shape index (κ2) is 5.09. The smallest absolute Gasteiger partial charge is 0.240 e. The largest absolute Gasteiger partial charge is 0.368 e. The maximum absolute atomic E-state index is 11.7. The molecule has 1 saturated heterocycles. The zero-order valence-corrected chi connectivity index (χ0v) is 9.73. The number of rotatable bonds is 5. The molecule has 0 bridgehead atoms. The Labute approximate surface area is 95.0 Å². The predicted octanol–water partition coefficient (Wildman–Crippen LogP) is 0.0779. The van der Waals surface area contributed by atoms with E-state index < -0.39 is 11.9 Å². The van der Waals surface area contributed by atoms with E-state index in [1.54, 1.807) is 0 Å². The molecule has 1 heterocycles. The summed E-state index contributed by atoms with van der Waals surface area (Å²) in [4.78, 5) is 35.3. The van der Waals surface area contributed by atoms with E-state index in [1.807, 2.05) is 6.92 Å². The van der Waals surface area contributed by atoms with Crippen molar-refractivity contribution in [1.82, 2.24) is 4.90 Å². The van der Waals surface area contributed by atoms with Gasteiger partial charge >= 0.3 is 0 Å². The van der Waals surface area contributed by atoms with Crippen molar-refractivity contribution in [2.75, 3.05) is 6.54 Å². The summed E-state index contributed by atoms with van der Waals surface area (Å²) in [6.45, 7) is 3.80. The number of likely N-dealkylation sites (tertiary alicyclic amines) is 1. The van der Waals surface area contributed by atoms with Crippen LogP contribution < -0.4 is 5.73 Å². The van der Waals surface area contributed by atoms with Crippen molar-refractivity contribution in [3.05, 3.63) is 0 Å². The molecule has 90 valence electrons. The number of carbonyl (C=O) groups excluding carboxylic acids is 3. The molecule has 5 nitrogen and oxygen atoms in total. The number of amides is 2. The summed E-state index contributed by atoms with van der Waals surface area (Å²) < 4.78 is 0. The summed E-state index contributed by atoms with van der Waals surface area (Å²) in [7, 11) is 0. The highest BCUT2D eigenvalue weighted by Crippen LogP contribution is 2.24. The number of hydrogen-bond acceptors (Lipinski definition) is 3. The summed E-state index contributed by atoms with van der Waals surface area (Å²) in [6, 6.07) is -0.524. The van der Waals surface area contributed by atoms with Crippen molar-refractivity contribution in [2.24, 2.45) is 11.7 Å². The molecule has 0 aromatic carbocycles. The first-order valence-corrected chi connectivity index (χ1v) is 5.53. The Morgan fingerprint density at radius 2 is 2.19 bits per heavy atom. The molecule has 0 aromatic rings. The van der Waals surface area contributed by atoms with Gasteiger partial charge in [0, 0.05) is 19.4 Å². The number of nitrogens with zero attached hydrogens (tertiary/aromatic N) is 1. The molecular weight excluding hydrogens is 208 g/mol. The lowest BCUT2D eigenvalue weighted by Crippen LogP contribution is -2.45. The highest BCUT2D eigenvalue weighted by molar-refractivity contribution is 5.88. The third-order valence-corrected chi connectivity index (χ3v) is 2.91. The van der Waals surface area contributed by atoms with E-state index in [9.17, 15) is 14.4 Å². The Balaban J connectivity index is 2.66. The molecule has 0 aromatic heterocycles. The molecule has 1 fully saturated rings. The first-order chi connectivity index (χ1) is 7.45. The SMILES string of the molecule is CC[C@@H](C(N)=O)N1CC(CC(C)=O)CC1=O. The van der Waals surface area contributed by atoms with Gasteiger partial charge in [-0.2, -0.15) is 0 Å². The summed E-state index contributed by atoms with van der Waals surface area (Å²) in [6.07, 6.45) is 1.27. The van der Waals surface area contributed by atoms with E-state index in [-0.39, 0.29) is 17.6 Å². The second-order valence-electron chi connectivity index (χ2n) is 4.35. The lowest BCUT2D eigenvalue weighted by atomic mass is 10.0. The maximum atomic E-state index is 11.7. The van der Waals surface area contributed by atoms with Gasteiger partial charge in [0.2, 0.25) is 11.8 Å². The van der Waals surface area contributed by atoms with E-state index in [0.717, 1.165) is 0 Å². The van der Waals surface area contributed by atoms with Crippen LogP contribution in [0.1, 0.15) is 33.1 Å². The molecule has 0 saturated carbocycles. The molecule has 2 atom stereocenters. The van der Waals surface area contributed by atoms with Crippen molar-refractivity contribution in [2.45, 2.75) is 39.2 Å². The molecule has 2 amide bonds. The number of primary amides is 1. The fourth-order valence-electron chi connectivity index (χ4n) is 2.23. The summed E-state index contributed by atoms with van der Waals surface area (Å²) in [5, 5.41) is 0. The quantitative estimate of drug-likeness (QED) is 0.720. The second-order valence-corrected chi connectivity index (χ2v) is 4.35. The first kappa shape index (κ1) is 12.7. The third-order valence-electron chi connectivity index (χ3n) is 2.91. The average Bonchev–Trinajstić information content (AvgIpc) is 2.46. The minimum Gasteiger partial charge on any atom is -0.368 e. The number of nitrogens with two attached hydrogens (primary N) is 1. The van der Waals surface area contributed by atoms with Gasteiger partial charge < -0.3 is 15.4 Å². The van der Waals surface area contributed by atoms with Gasteiger partial charge in [-0.05, 0) is 19.3 Å². The Morgan fingerprint density at radius 3 is 2.62 bits per heavy atom. The van der Waals surface area contributed by atoms with Crippen LogP contribution in [-0.4, -0.2) is 35.1 Å². The molecule has 16 heavy (non-hydrogen) atoms. The Bertz CT molecular complexity index is 314. The van der Waals surface area contributed by atoms with Gasteiger partial charge in [-0.25, -0.2) is 0 Å². The van der Waals surface area contributed by atoms with E-state index in [1.165, 1.54) is 11.8 Å². The monoisotopic (exact) mass is 226 g/mol. The predicted molar refractivity (Wildman–Crippen MR) is 58.4 cm³/mol.